The summed E-state index contributed by atoms with van der Waals surface area (Å²) in [5.74, 6) is -3.55. The topological polar surface area (TPSA) is 107 Å². The van der Waals surface area contributed by atoms with E-state index in [4.69, 9.17) is 9.47 Å². The van der Waals surface area contributed by atoms with E-state index in [2.05, 4.69) is 0 Å². The van der Waals surface area contributed by atoms with Gasteiger partial charge in [-0.1, -0.05) is 50.3 Å². The minimum absolute atomic E-state index is 0.0588. The fraction of sp³-hybridized carbons (Fsp3) is 0.517. The summed E-state index contributed by atoms with van der Waals surface area (Å²) >= 11 is 0. The van der Waals surface area contributed by atoms with Gasteiger partial charge < -0.3 is 14.6 Å². The average Bonchev–Trinajstić information content (AvgIpc) is 3.05. The number of Topliss-reactive ketones (excluding diaryl/α,β-unsaturated/α-hetero) is 2. The maximum Gasteiger partial charge on any atom is 0.338 e. The number of ether oxygens (including phenoxy) is 2. The van der Waals surface area contributed by atoms with Crippen LogP contribution in [0.2, 0.25) is 0 Å². The predicted octanol–water partition coefficient (Wildman–Crippen LogP) is 4.24. The Hall–Kier alpha value is -3.06. The minimum atomic E-state index is -1.81. The van der Waals surface area contributed by atoms with Crippen LogP contribution >= 0.6 is 0 Å². The van der Waals surface area contributed by atoms with Crippen LogP contribution in [0.3, 0.4) is 0 Å². The number of rotatable bonds is 3. The van der Waals surface area contributed by atoms with Gasteiger partial charge in [0, 0.05) is 24.7 Å². The van der Waals surface area contributed by atoms with Gasteiger partial charge >= 0.3 is 11.9 Å². The molecule has 1 aromatic carbocycles. The largest absolute Gasteiger partial charge is 0.458 e. The van der Waals surface area contributed by atoms with Crippen LogP contribution in [-0.4, -0.2) is 46.4 Å². The summed E-state index contributed by atoms with van der Waals surface area (Å²) in [6, 6.07) is 8.52. The Bertz CT molecular complexity index is 1080. The van der Waals surface area contributed by atoms with Crippen molar-refractivity contribution in [1.82, 2.24) is 0 Å². The highest BCUT2D eigenvalue weighted by atomic mass is 16.5. The summed E-state index contributed by atoms with van der Waals surface area (Å²) in [5.41, 5.74) is -1.83. The first-order valence-electron chi connectivity index (χ1n) is 12.4. The van der Waals surface area contributed by atoms with Gasteiger partial charge in [-0.3, -0.25) is 14.4 Å². The van der Waals surface area contributed by atoms with Crippen LogP contribution in [-0.2, 0) is 23.9 Å². The third-order valence-corrected chi connectivity index (χ3v) is 7.34. The van der Waals surface area contributed by atoms with Gasteiger partial charge in [-0.05, 0) is 50.8 Å². The van der Waals surface area contributed by atoms with E-state index in [1.165, 1.54) is 6.92 Å². The zero-order chi connectivity index (χ0) is 26.8. The Kier molecular flexibility index (Phi) is 8.04. The Morgan fingerprint density at radius 3 is 2.31 bits per heavy atom. The van der Waals surface area contributed by atoms with Gasteiger partial charge in [-0.25, -0.2) is 4.79 Å². The molecule has 0 heterocycles. The SMILES string of the molecule is CC(=O)O[C@@H]1CC(=O)C(C)(C)/C=C\[C@H](C)C(=O)[C@]2(O)C[C@H](C)[C@@H](OC(=O)c3ccccc3)[C@H]2/C=C\1C. The molecule has 0 radical (unpaired) electrons. The lowest BCUT2D eigenvalue weighted by Crippen LogP contribution is -2.47. The number of ketones is 2. The Morgan fingerprint density at radius 1 is 1.06 bits per heavy atom. The van der Waals surface area contributed by atoms with Crippen LogP contribution in [0.5, 0.6) is 0 Å². The van der Waals surface area contributed by atoms with Crippen LogP contribution in [0.25, 0.3) is 0 Å². The zero-order valence-corrected chi connectivity index (χ0v) is 21.8. The molecule has 1 aromatic rings. The zero-order valence-electron chi connectivity index (χ0n) is 21.8. The van der Waals surface area contributed by atoms with E-state index in [0.29, 0.717) is 11.1 Å². The molecule has 36 heavy (non-hydrogen) atoms. The first kappa shape index (κ1) is 27.5. The second-order valence-electron chi connectivity index (χ2n) is 10.7. The maximum atomic E-state index is 13.6. The number of carbonyl (C=O) groups is 4. The Balaban J connectivity index is 2.10. The van der Waals surface area contributed by atoms with E-state index in [1.54, 1.807) is 76.3 Å². The first-order valence-corrected chi connectivity index (χ1v) is 12.4. The molecule has 1 fully saturated rings. The Morgan fingerprint density at radius 2 is 1.69 bits per heavy atom. The molecule has 0 amide bonds. The van der Waals surface area contributed by atoms with Gasteiger partial charge in [0.25, 0.3) is 0 Å². The van der Waals surface area contributed by atoms with Crippen molar-refractivity contribution in [2.75, 3.05) is 0 Å². The highest BCUT2D eigenvalue weighted by Gasteiger charge is 2.57. The number of aliphatic hydroxyl groups is 1. The molecular formula is C29H36O7. The number of fused-ring (bicyclic) bond motifs is 1. The maximum absolute atomic E-state index is 13.6. The molecule has 1 N–H and O–H groups in total. The van der Waals surface area contributed by atoms with Crippen molar-refractivity contribution in [3.63, 3.8) is 0 Å². The molecule has 0 saturated heterocycles. The minimum Gasteiger partial charge on any atom is -0.458 e. The lowest BCUT2D eigenvalue weighted by molar-refractivity contribution is -0.147. The van der Waals surface area contributed by atoms with Crippen LogP contribution < -0.4 is 0 Å². The molecule has 0 aliphatic heterocycles. The highest BCUT2D eigenvalue weighted by molar-refractivity contribution is 5.93. The normalized spacial score (nSPS) is 34.9. The first-order chi connectivity index (χ1) is 16.8. The van der Waals surface area contributed by atoms with Crippen molar-refractivity contribution in [3.8, 4) is 0 Å². The van der Waals surface area contributed by atoms with E-state index < -0.39 is 52.8 Å². The molecule has 3 rings (SSSR count). The molecule has 0 unspecified atom stereocenters. The monoisotopic (exact) mass is 496 g/mol. The molecular weight excluding hydrogens is 460 g/mol. The predicted molar refractivity (Wildman–Crippen MR) is 134 cm³/mol. The van der Waals surface area contributed by atoms with E-state index in [-0.39, 0.29) is 24.5 Å². The number of esters is 2. The van der Waals surface area contributed by atoms with Crippen LogP contribution in [0, 0.1) is 23.2 Å². The summed E-state index contributed by atoms with van der Waals surface area (Å²) in [7, 11) is 0. The third kappa shape index (κ3) is 5.67. The average molecular weight is 497 g/mol. The second kappa shape index (κ2) is 10.5. The number of allylic oxidation sites excluding steroid dienone is 2. The van der Waals surface area contributed by atoms with Gasteiger partial charge in [0.15, 0.2) is 5.78 Å². The Labute approximate surface area is 212 Å². The van der Waals surface area contributed by atoms with Crippen molar-refractivity contribution < 1.29 is 33.8 Å². The standard InChI is InChI=1S/C29H36O7/c1-17-12-13-28(5,6)24(31)15-23(35-20(4)30)18(2)14-22-25(19(3)16-29(22,34)26(17)32)36-27(33)21-10-8-7-9-11-21/h7-14,17,19,22-23,25,34H,15-16H2,1-6H3/b13-12-,18-14-/t17-,19-,22+,23+,25+,29-/m0/s1. The summed E-state index contributed by atoms with van der Waals surface area (Å²) in [6.07, 6.45) is 3.33. The number of carbonyl (C=O) groups excluding carboxylic acids is 4. The number of hydrogen-bond acceptors (Lipinski definition) is 7. The summed E-state index contributed by atoms with van der Waals surface area (Å²) in [6.45, 7) is 9.97. The van der Waals surface area contributed by atoms with Gasteiger partial charge in [-0.2, -0.15) is 0 Å². The van der Waals surface area contributed by atoms with Crippen molar-refractivity contribution in [2.45, 2.75) is 72.2 Å². The smallest absolute Gasteiger partial charge is 0.338 e. The van der Waals surface area contributed by atoms with E-state index in [0.717, 1.165) is 0 Å². The van der Waals surface area contributed by atoms with Crippen molar-refractivity contribution in [1.29, 1.82) is 0 Å². The van der Waals surface area contributed by atoms with Crippen LogP contribution in [0.15, 0.2) is 54.1 Å². The van der Waals surface area contributed by atoms with E-state index in [1.807, 2.05) is 6.92 Å². The molecule has 194 valence electrons. The quantitative estimate of drug-likeness (QED) is 0.493. The van der Waals surface area contributed by atoms with Gasteiger partial charge in [0.1, 0.15) is 23.6 Å². The van der Waals surface area contributed by atoms with Gasteiger partial charge in [-0.15, -0.1) is 0 Å². The molecule has 2 aliphatic rings. The molecule has 0 bridgehead atoms. The molecule has 7 heteroatoms. The number of hydrogen-bond donors (Lipinski definition) is 1. The lowest BCUT2D eigenvalue weighted by Gasteiger charge is -2.33. The van der Waals surface area contributed by atoms with Gasteiger partial charge in [0.05, 0.1) is 11.5 Å². The molecule has 0 aromatic heterocycles. The lowest BCUT2D eigenvalue weighted by atomic mass is 9.77. The molecule has 0 spiro atoms. The third-order valence-electron chi connectivity index (χ3n) is 7.34. The molecule has 1 saturated carbocycles. The summed E-state index contributed by atoms with van der Waals surface area (Å²) in [4.78, 5) is 51.5. The fourth-order valence-electron chi connectivity index (χ4n) is 5.10. The van der Waals surface area contributed by atoms with E-state index in [9.17, 15) is 24.3 Å². The second-order valence-corrected chi connectivity index (χ2v) is 10.7. The number of benzene rings is 1. The van der Waals surface area contributed by atoms with Crippen LogP contribution in [0.4, 0.5) is 0 Å². The van der Waals surface area contributed by atoms with Crippen LogP contribution in [0.1, 0.15) is 64.7 Å². The molecule has 2 aliphatic carbocycles. The highest BCUT2D eigenvalue weighted by Crippen LogP contribution is 2.46. The molecule has 6 atom stereocenters. The van der Waals surface area contributed by atoms with Crippen molar-refractivity contribution in [2.24, 2.45) is 23.2 Å². The van der Waals surface area contributed by atoms with Crippen molar-refractivity contribution >= 4 is 23.5 Å². The van der Waals surface area contributed by atoms with E-state index >= 15 is 0 Å². The fourth-order valence-corrected chi connectivity index (χ4v) is 5.10. The molecule has 7 nitrogen and oxygen atoms in total. The summed E-state index contributed by atoms with van der Waals surface area (Å²) < 4.78 is 11.4. The van der Waals surface area contributed by atoms with Gasteiger partial charge in [0.2, 0.25) is 0 Å². The van der Waals surface area contributed by atoms with Crippen molar-refractivity contribution in [3.05, 3.63) is 59.7 Å². The summed E-state index contributed by atoms with van der Waals surface area (Å²) in [5, 5.41) is 11.8.